The van der Waals surface area contributed by atoms with E-state index in [0.717, 1.165) is 0 Å². The molecule has 1 unspecified atom stereocenters. The lowest BCUT2D eigenvalue weighted by atomic mass is 10.1. The number of ether oxygens (including phenoxy) is 3. The first-order valence-corrected chi connectivity index (χ1v) is 7.41. The number of alkyl halides is 2. The minimum Gasteiger partial charge on any atom is -0.490 e. The molecule has 1 fully saturated rings. The normalized spacial score (nSPS) is 17.8. The molecule has 0 aromatic heterocycles. The largest absolute Gasteiger partial charge is 0.490 e. The van der Waals surface area contributed by atoms with Gasteiger partial charge in [0.25, 0.3) is 5.91 Å². The molecule has 0 aliphatic carbocycles. The summed E-state index contributed by atoms with van der Waals surface area (Å²) in [6, 6.07) is 4.80. The van der Waals surface area contributed by atoms with Gasteiger partial charge >= 0.3 is 6.61 Å². The van der Waals surface area contributed by atoms with Gasteiger partial charge in [-0.3, -0.25) is 4.79 Å². The van der Waals surface area contributed by atoms with E-state index in [0.29, 0.717) is 31.9 Å². The second-order valence-electron chi connectivity index (χ2n) is 4.84. The molecule has 1 amide bonds. The topological polar surface area (TPSA) is 68.8 Å². The van der Waals surface area contributed by atoms with E-state index in [1.165, 1.54) is 0 Å². The number of halogens is 2. The summed E-state index contributed by atoms with van der Waals surface area (Å²) in [6.07, 6.45) is -0.585. The predicted molar refractivity (Wildman–Crippen MR) is 78.7 cm³/mol. The van der Waals surface area contributed by atoms with Gasteiger partial charge in [0.2, 0.25) is 0 Å². The summed E-state index contributed by atoms with van der Waals surface area (Å²) >= 11 is 0. The molecule has 1 saturated heterocycles. The number of carbonyl (C=O) groups excluding carboxylic acids is 1. The molecule has 1 aromatic carbocycles. The van der Waals surface area contributed by atoms with E-state index in [1.54, 1.807) is 25.1 Å². The maximum absolute atomic E-state index is 12.6. The lowest BCUT2D eigenvalue weighted by molar-refractivity contribution is -0.134. The number of para-hydroxylation sites is 1. The Morgan fingerprint density at radius 2 is 2.35 bits per heavy atom. The van der Waals surface area contributed by atoms with E-state index in [2.05, 4.69) is 15.4 Å². The van der Waals surface area contributed by atoms with Crippen molar-refractivity contribution < 1.29 is 27.8 Å². The Hall–Kier alpha value is -1.93. The van der Waals surface area contributed by atoms with Crippen LogP contribution in [0, 0.1) is 0 Å². The number of hydrogen-bond acceptors (Lipinski definition) is 5. The van der Waals surface area contributed by atoms with Gasteiger partial charge in [0.05, 0.1) is 13.2 Å². The number of carbonyl (C=O) groups is 1. The molecule has 1 aromatic rings. The van der Waals surface area contributed by atoms with Crippen LogP contribution in [-0.2, 0) is 16.1 Å². The van der Waals surface area contributed by atoms with Gasteiger partial charge in [-0.25, -0.2) is 0 Å². The fourth-order valence-electron chi connectivity index (χ4n) is 2.22. The lowest BCUT2D eigenvalue weighted by Gasteiger charge is -2.23. The van der Waals surface area contributed by atoms with Crippen LogP contribution in [0.5, 0.6) is 11.5 Å². The molecule has 6 nitrogen and oxygen atoms in total. The quantitative estimate of drug-likeness (QED) is 0.788. The van der Waals surface area contributed by atoms with E-state index in [-0.39, 0.29) is 24.0 Å². The van der Waals surface area contributed by atoms with Crippen LogP contribution in [-0.4, -0.2) is 44.9 Å². The summed E-state index contributed by atoms with van der Waals surface area (Å²) in [7, 11) is 0. The molecule has 1 aliphatic heterocycles. The second kappa shape index (κ2) is 8.64. The van der Waals surface area contributed by atoms with Crippen LogP contribution >= 0.6 is 0 Å². The molecule has 0 bridgehead atoms. The van der Waals surface area contributed by atoms with E-state index in [9.17, 15) is 13.6 Å². The third-order valence-electron chi connectivity index (χ3n) is 3.24. The van der Waals surface area contributed by atoms with Crippen LogP contribution < -0.4 is 20.1 Å². The maximum Gasteiger partial charge on any atom is 0.387 e. The first kappa shape index (κ1) is 17.4. The summed E-state index contributed by atoms with van der Waals surface area (Å²) < 4.78 is 40.4. The second-order valence-corrected chi connectivity index (χ2v) is 4.84. The number of amides is 1. The number of morpholine rings is 1. The van der Waals surface area contributed by atoms with Crippen molar-refractivity contribution in [1.29, 1.82) is 0 Å². The number of hydrogen-bond donors (Lipinski definition) is 2. The van der Waals surface area contributed by atoms with Gasteiger partial charge < -0.3 is 24.8 Å². The van der Waals surface area contributed by atoms with Gasteiger partial charge in [0, 0.05) is 25.2 Å². The fourth-order valence-corrected chi connectivity index (χ4v) is 2.22. The first-order chi connectivity index (χ1) is 11.1. The summed E-state index contributed by atoms with van der Waals surface area (Å²) in [5, 5.41) is 5.71. The van der Waals surface area contributed by atoms with Gasteiger partial charge in [-0.05, 0) is 13.0 Å². The molecule has 0 spiro atoms. The molecule has 1 aliphatic rings. The lowest BCUT2D eigenvalue weighted by Crippen LogP contribution is -2.47. The van der Waals surface area contributed by atoms with Crippen LogP contribution in [0.15, 0.2) is 18.2 Å². The highest BCUT2D eigenvalue weighted by atomic mass is 19.3. The Labute approximate surface area is 133 Å². The van der Waals surface area contributed by atoms with Crippen molar-refractivity contribution in [3.8, 4) is 11.5 Å². The predicted octanol–water partition coefficient (Wildman–Crippen LogP) is 1.29. The average molecular weight is 330 g/mol. The van der Waals surface area contributed by atoms with Crippen LogP contribution in [0.3, 0.4) is 0 Å². The van der Waals surface area contributed by atoms with Gasteiger partial charge in [-0.2, -0.15) is 8.78 Å². The van der Waals surface area contributed by atoms with Gasteiger partial charge in [0.1, 0.15) is 6.10 Å². The van der Waals surface area contributed by atoms with Crippen molar-refractivity contribution in [3.05, 3.63) is 23.8 Å². The molecule has 2 rings (SSSR count). The minimum atomic E-state index is -2.98. The third-order valence-corrected chi connectivity index (χ3v) is 3.24. The molecular weight excluding hydrogens is 310 g/mol. The summed E-state index contributed by atoms with van der Waals surface area (Å²) in [5.41, 5.74) is 0.411. The highest BCUT2D eigenvalue weighted by Gasteiger charge is 2.22. The highest BCUT2D eigenvalue weighted by Crippen LogP contribution is 2.32. The smallest absolute Gasteiger partial charge is 0.387 e. The highest BCUT2D eigenvalue weighted by molar-refractivity contribution is 5.81. The standard InChI is InChI=1S/C15H20F2N2O4/c1-2-21-11-5-3-4-10(13(11)23-15(16)17)8-19-14(20)12-9-18-6-7-22-12/h3-5,12,15,18H,2,6-9H2,1H3,(H,19,20). The van der Waals surface area contributed by atoms with E-state index >= 15 is 0 Å². The van der Waals surface area contributed by atoms with Gasteiger partial charge in [-0.1, -0.05) is 12.1 Å². The minimum absolute atomic E-state index is 0.0433. The summed E-state index contributed by atoms with van der Waals surface area (Å²) in [4.78, 5) is 12.0. The Kier molecular flexibility index (Phi) is 6.54. The van der Waals surface area contributed by atoms with Crippen molar-refractivity contribution in [3.63, 3.8) is 0 Å². The number of benzene rings is 1. The average Bonchev–Trinajstić information content (AvgIpc) is 2.55. The van der Waals surface area contributed by atoms with E-state index in [1.807, 2.05) is 0 Å². The molecule has 8 heteroatoms. The Morgan fingerprint density at radius 3 is 3.00 bits per heavy atom. The zero-order chi connectivity index (χ0) is 16.7. The Bertz CT molecular complexity index is 522. The van der Waals surface area contributed by atoms with Crippen LogP contribution in [0.25, 0.3) is 0 Å². The molecule has 0 radical (unpaired) electrons. The summed E-state index contributed by atoms with van der Waals surface area (Å²) in [6.45, 7) is 0.708. The van der Waals surface area contributed by atoms with Crippen LogP contribution in [0.1, 0.15) is 12.5 Å². The zero-order valence-electron chi connectivity index (χ0n) is 12.8. The first-order valence-electron chi connectivity index (χ1n) is 7.41. The molecule has 1 heterocycles. The van der Waals surface area contributed by atoms with Crippen molar-refractivity contribution in [2.24, 2.45) is 0 Å². The molecule has 2 N–H and O–H groups in total. The van der Waals surface area contributed by atoms with Crippen molar-refractivity contribution in [2.45, 2.75) is 26.2 Å². The molecule has 1 atom stereocenters. The van der Waals surface area contributed by atoms with Crippen molar-refractivity contribution in [1.82, 2.24) is 10.6 Å². The maximum atomic E-state index is 12.6. The molecule has 23 heavy (non-hydrogen) atoms. The Morgan fingerprint density at radius 1 is 1.52 bits per heavy atom. The van der Waals surface area contributed by atoms with Gasteiger partial charge in [0.15, 0.2) is 11.5 Å². The molecule has 0 saturated carbocycles. The number of nitrogens with one attached hydrogen (secondary N) is 2. The van der Waals surface area contributed by atoms with Crippen LogP contribution in [0.4, 0.5) is 8.78 Å². The fraction of sp³-hybridized carbons (Fsp3) is 0.533. The Balaban J connectivity index is 2.05. The van der Waals surface area contributed by atoms with Crippen molar-refractivity contribution in [2.75, 3.05) is 26.3 Å². The van der Waals surface area contributed by atoms with Crippen molar-refractivity contribution >= 4 is 5.91 Å². The zero-order valence-corrected chi connectivity index (χ0v) is 12.8. The SMILES string of the molecule is CCOc1cccc(CNC(=O)C2CNCCO2)c1OC(F)F. The molecular formula is C15H20F2N2O4. The van der Waals surface area contributed by atoms with E-state index < -0.39 is 12.7 Å². The summed E-state index contributed by atoms with van der Waals surface area (Å²) in [5.74, 6) is -0.149. The number of rotatable bonds is 7. The van der Waals surface area contributed by atoms with Crippen LogP contribution in [0.2, 0.25) is 0 Å². The molecule has 128 valence electrons. The van der Waals surface area contributed by atoms with Gasteiger partial charge in [-0.15, -0.1) is 0 Å². The third kappa shape index (κ3) is 5.04. The van der Waals surface area contributed by atoms with E-state index in [4.69, 9.17) is 9.47 Å². The monoisotopic (exact) mass is 330 g/mol.